The monoisotopic (exact) mass is 1020 g/mol. The van der Waals surface area contributed by atoms with Crippen LogP contribution in [-0.4, -0.2) is 5.11 Å². The third-order valence-corrected chi connectivity index (χ3v) is 17.5. The first-order valence-electron chi connectivity index (χ1n) is 28.6. The molecule has 2 saturated carbocycles. The van der Waals surface area contributed by atoms with Crippen LogP contribution in [0.4, 0.5) is 34.1 Å². The first-order valence-corrected chi connectivity index (χ1v) is 28.6. The van der Waals surface area contributed by atoms with E-state index in [0.717, 1.165) is 142 Å². The molecular weight excluding hydrogens is 965 g/mol. The Morgan fingerprint density at radius 1 is 0.405 bits per heavy atom. The number of nitrogens with zero attached hydrogens (tertiary/aromatic N) is 2. The maximum atomic E-state index is 12.0. The van der Waals surface area contributed by atoms with Gasteiger partial charge in [-0.3, -0.25) is 0 Å². The molecule has 0 bridgehead atoms. The summed E-state index contributed by atoms with van der Waals surface area (Å²) in [6.45, 7) is 0. The van der Waals surface area contributed by atoms with Gasteiger partial charge in [-0.05, 0) is 126 Å². The van der Waals surface area contributed by atoms with Crippen molar-refractivity contribution < 1.29 is 13.9 Å². The van der Waals surface area contributed by atoms with Gasteiger partial charge in [0.25, 0.3) is 0 Å². The summed E-state index contributed by atoms with van der Waals surface area (Å²) in [5.41, 5.74) is 18.5. The number of para-hydroxylation sites is 5. The number of allylic oxidation sites excluding steroid dienone is 4. The van der Waals surface area contributed by atoms with Gasteiger partial charge in [-0.2, -0.15) is 0 Å². The van der Waals surface area contributed by atoms with Crippen molar-refractivity contribution in [3.05, 3.63) is 241 Å². The molecule has 0 atom stereocenters. The minimum Gasteiger partial charge on any atom is -0.507 e. The van der Waals surface area contributed by atoms with Gasteiger partial charge in [-0.1, -0.05) is 196 Å². The van der Waals surface area contributed by atoms with Gasteiger partial charge >= 0.3 is 0 Å². The van der Waals surface area contributed by atoms with E-state index < -0.39 is 0 Å². The highest BCUT2D eigenvalue weighted by molar-refractivity contribution is 6.23. The summed E-state index contributed by atoms with van der Waals surface area (Å²) in [5, 5.41) is 18.7. The van der Waals surface area contributed by atoms with Crippen LogP contribution in [0.25, 0.3) is 82.5 Å². The summed E-state index contributed by atoms with van der Waals surface area (Å²) in [5.74, 6) is 1.29. The van der Waals surface area contributed by atoms with Gasteiger partial charge in [0.05, 0.1) is 28.4 Å². The minimum atomic E-state index is 0.385. The molecule has 384 valence electrons. The van der Waals surface area contributed by atoms with Crippen LogP contribution >= 0.6 is 0 Å². The van der Waals surface area contributed by atoms with Crippen molar-refractivity contribution in [2.45, 2.75) is 76.0 Å². The topological polar surface area (TPSA) is 53.0 Å². The first kappa shape index (κ1) is 47.2. The van der Waals surface area contributed by atoms with Crippen LogP contribution in [-0.2, 0) is 0 Å². The highest BCUT2D eigenvalue weighted by atomic mass is 16.3. The van der Waals surface area contributed by atoms with Crippen LogP contribution in [0.3, 0.4) is 0 Å². The number of hydrogen-bond acceptors (Lipinski definition) is 5. The number of phenolic OH excluding ortho intramolecular Hbond substituents is 1. The lowest BCUT2D eigenvalue weighted by Crippen LogP contribution is -2.13. The van der Waals surface area contributed by atoms with E-state index in [1.165, 1.54) is 55.2 Å². The van der Waals surface area contributed by atoms with Crippen LogP contribution in [0.1, 0.15) is 92.7 Å². The standard InChI is InChI=1S/C74H60N2O3/c77-72-57(50-25-7-8-26-50)35-18-36-58(72)52-29-17-30-53(45-52)76(66-41-16-14-32-56(66)49-23-5-2-6-24-49)68-47-70-71(61-34-12-11-33-60(61)68)64-44-43-54(46-69(64)78-70)75(65-40-15-13-31-55(65)48-21-3-1-4-22-48)67-42-20-39-63-62-38-19-37-59(51-27-9-10-28-51)73(62)79-74(63)67/h1-5,11-23,29-47,50-51,77H,6-10,24-28H2. The van der Waals surface area contributed by atoms with Gasteiger partial charge in [0, 0.05) is 61.4 Å². The molecule has 0 saturated heterocycles. The van der Waals surface area contributed by atoms with E-state index in [-0.39, 0.29) is 0 Å². The number of anilines is 6. The van der Waals surface area contributed by atoms with Crippen LogP contribution in [0.2, 0.25) is 0 Å². The van der Waals surface area contributed by atoms with Crippen LogP contribution in [0.15, 0.2) is 233 Å². The Labute approximate surface area is 461 Å². The summed E-state index contributed by atoms with van der Waals surface area (Å²) in [4.78, 5) is 4.80. The van der Waals surface area contributed by atoms with Gasteiger partial charge in [-0.15, -0.1) is 0 Å². The quantitative estimate of drug-likeness (QED) is 0.140. The Bertz CT molecular complexity index is 4370. The molecule has 10 aromatic carbocycles. The molecule has 2 heterocycles. The molecule has 5 heteroatoms. The molecule has 2 aromatic heterocycles. The van der Waals surface area contributed by atoms with Gasteiger partial charge in [0.1, 0.15) is 22.5 Å². The molecule has 2 fully saturated rings. The van der Waals surface area contributed by atoms with E-state index in [0.29, 0.717) is 17.6 Å². The fourth-order valence-electron chi connectivity index (χ4n) is 13.8. The molecule has 0 aliphatic heterocycles. The first-order chi connectivity index (χ1) is 39.1. The van der Waals surface area contributed by atoms with Crippen molar-refractivity contribution in [1.82, 2.24) is 0 Å². The fourth-order valence-corrected chi connectivity index (χ4v) is 13.8. The summed E-state index contributed by atoms with van der Waals surface area (Å²) >= 11 is 0. The minimum absolute atomic E-state index is 0.385. The lowest BCUT2D eigenvalue weighted by atomic mass is 9.92. The molecule has 3 aliphatic rings. The number of furan rings is 2. The molecular formula is C74H60N2O3. The summed E-state index contributed by atoms with van der Waals surface area (Å²) in [7, 11) is 0. The predicted octanol–water partition coefficient (Wildman–Crippen LogP) is 21.7. The molecule has 0 radical (unpaired) electrons. The van der Waals surface area contributed by atoms with E-state index in [2.05, 4.69) is 234 Å². The van der Waals surface area contributed by atoms with Gasteiger partial charge in [0.15, 0.2) is 5.58 Å². The van der Waals surface area contributed by atoms with Crippen molar-refractivity contribution in [2.75, 3.05) is 9.80 Å². The number of rotatable bonds is 11. The number of benzene rings is 10. The second-order valence-corrected chi connectivity index (χ2v) is 22.1. The van der Waals surface area contributed by atoms with Crippen molar-refractivity contribution in [2.24, 2.45) is 0 Å². The average Bonchev–Trinajstić information content (AvgIpc) is 4.52. The van der Waals surface area contributed by atoms with Crippen molar-refractivity contribution >= 4 is 94.3 Å². The van der Waals surface area contributed by atoms with Crippen LogP contribution in [0.5, 0.6) is 5.75 Å². The Morgan fingerprint density at radius 3 is 1.80 bits per heavy atom. The predicted molar refractivity (Wildman–Crippen MR) is 329 cm³/mol. The molecule has 12 aromatic rings. The third-order valence-electron chi connectivity index (χ3n) is 17.5. The number of hydrogen-bond donors (Lipinski definition) is 1. The molecule has 15 rings (SSSR count). The summed E-state index contributed by atoms with van der Waals surface area (Å²) < 4.78 is 14.5. The lowest BCUT2D eigenvalue weighted by molar-refractivity contribution is 0.463. The van der Waals surface area contributed by atoms with E-state index >= 15 is 0 Å². The Balaban J connectivity index is 0.936. The largest absolute Gasteiger partial charge is 0.507 e. The molecule has 0 amide bonds. The normalized spacial score (nSPS) is 15.1. The third kappa shape index (κ3) is 8.13. The van der Waals surface area contributed by atoms with Crippen molar-refractivity contribution in [3.63, 3.8) is 0 Å². The zero-order valence-corrected chi connectivity index (χ0v) is 44.2. The summed E-state index contributed by atoms with van der Waals surface area (Å²) in [6.07, 6.45) is 18.2. The maximum absolute atomic E-state index is 12.0. The van der Waals surface area contributed by atoms with Gasteiger partial charge in [0.2, 0.25) is 0 Å². The molecule has 0 unspecified atom stereocenters. The Morgan fingerprint density at radius 2 is 1.00 bits per heavy atom. The zero-order valence-electron chi connectivity index (χ0n) is 44.2. The number of fused-ring (bicyclic) bond motifs is 8. The molecule has 3 aliphatic carbocycles. The van der Waals surface area contributed by atoms with E-state index in [1.807, 2.05) is 0 Å². The molecule has 0 spiro atoms. The fraction of sp³-hybridized carbons (Fsp3) is 0.162. The molecule has 79 heavy (non-hydrogen) atoms. The number of phenols is 1. The lowest BCUT2D eigenvalue weighted by Gasteiger charge is -2.30. The zero-order chi connectivity index (χ0) is 52.4. The van der Waals surface area contributed by atoms with Crippen LogP contribution < -0.4 is 9.80 Å². The Hall–Kier alpha value is -9.06. The van der Waals surface area contributed by atoms with Gasteiger partial charge in [-0.25, -0.2) is 0 Å². The Kier molecular flexibility index (Phi) is 11.8. The second kappa shape index (κ2) is 19.7. The smallest absolute Gasteiger partial charge is 0.159 e. The second-order valence-electron chi connectivity index (χ2n) is 22.1. The van der Waals surface area contributed by atoms with E-state index in [1.54, 1.807) is 0 Å². The number of aromatic hydroxyl groups is 1. The van der Waals surface area contributed by atoms with E-state index in [9.17, 15) is 5.11 Å². The molecule has 5 nitrogen and oxygen atoms in total. The van der Waals surface area contributed by atoms with Crippen molar-refractivity contribution in [1.29, 1.82) is 0 Å². The highest BCUT2D eigenvalue weighted by Crippen LogP contribution is 2.52. The average molecular weight is 1030 g/mol. The van der Waals surface area contributed by atoms with Crippen molar-refractivity contribution in [3.8, 4) is 28.0 Å². The summed E-state index contributed by atoms with van der Waals surface area (Å²) in [6, 6.07) is 74.4. The van der Waals surface area contributed by atoms with Crippen LogP contribution in [0, 0.1) is 0 Å². The maximum Gasteiger partial charge on any atom is 0.159 e. The molecule has 1 N–H and O–H groups in total. The van der Waals surface area contributed by atoms with Gasteiger partial charge < -0.3 is 23.7 Å². The SMILES string of the molecule is Oc1c(-c2cccc(N(c3ccccc3C3=CC=CCC3)c3cc4oc5cc(N(c6ccccc6-c6ccccc6)c6cccc7c6oc6c(C8CCCC8)cccc67)ccc5c4c4ccccc34)c2)cccc1C1CCCC1. The van der Waals surface area contributed by atoms with E-state index in [4.69, 9.17) is 8.83 Å². The highest BCUT2D eigenvalue weighted by Gasteiger charge is 2.29.